The van der Waals surface area contributed by atoms with Crippen LogP contribution in [0, 0.1) is 19.8 Å². The maximum atomic E-state index is 12.7. The van der Waals surface area contributed by atoms with Crippen molar-refractivity contribution in [3.05, 3.63) is 68.6 Å². The first-order valence-electron chi connectivity index (χ1n) is 10.8. The van der Waals surface area contributed by atoms with Crippen molar-refractivity contribution in [3.63, 3.8) is 0 Å². The molecule has 1 unspecified atom stereocenters. The third-order valence-electron chi connectivity index (χ3n) is 5.71. The first-order valence-corrected chi connectivity index (χ1v) is 12.5. The minimum Gasteiger partial charge on any atom is -0.352 e. The monoisotopic (exact) mass is 541 g/mol. The van der Waals surface area contributed by atoms with E-state index >= 15 is 0 Å². The Morgan fingerprint density at radius 3 is 2.74 bits per heavy atom. The Morgan fingerprint density at radius 1 is 1.15 bits per heavy atom. The number of carbonyl (C=O) groups excluding carboxylic acids is 3. The van der Waals surface area contributed by atoms with Gasteiger partial charge in [-0.1, -0.05) is 39.4 Å². The zero-order valence-electron chi connectivity index (χ0n) is 18.8. The quantitative estimate of drug-likeness (QED) is 0.472. The summed E-state index contributed by atoms with van der Waals surface area (Å²) in [5.41, 5.74) is 3.64. The van der Waals surface area contributed by atoms with Crippen molar-refractivity contribution in [2.45, 2.75) is 26.7 Å². The zero-order valence-corrected chi connectivity index (χ0v) is 21.2. The molecule has 2 aromatic carbocycles. The molecule has 0 bridgehead atoms. The summed E-state index contributed by atoms with van der Waals surface area (Å²) >= 11 is 4.61. The number of halogens is 1. The highest BCUT2D eigenvalue weighted by Crippen LogP contribution is 2.28. The predicted molar refractivity (Wildman–Crippen MR) is 135 cm³/mol. The molecule has 3 aromatic rings. The summed E-state index contributed by atoms with van der Waals surface area (Å²) in [5, 5.41) is 14.8. The number of nitrogens with one attached hydrogen (secondary N) is 2. The van der Waals surface area contributed by atoms with Gasteiger partial charge in [0, 0.05) is 41.7 Å². The van der Waals surface area contributed by atoms with Crippen molar-refractivity contribution in [1.29, 1.82) is 0 Å². The van der Waals surface area contributed by atoms with E-state index in [9.17, 15) is 14.4 Å². The lowest BCUT2D eigenvalue weighted by Crippen LogP contribution is -2.28. The number of nitrogens with zero attached hydrogens (tertiary/aromatic N) is 3. The summed E-state index contributed by atoms with van der Waals surface area (Å²) in [4.78, 5) is 39.1. The second kappa shape index (κ2) is 10.4. The van der Waals surface area contributed by atoms with Crippen LogP contribution in [0.4, 0.5) is 10.8 Å². The summed E-state index contributed by atoms with van der Waals surface area (Å²) in [6.45, 7) is 4.76. The molecular formula is C24H24BrN5O3S. The molecule has 1 aliphatic heterocycles. The van der Waals surface area contributed by atoms with E-state index in [0.29, 0.717) is 35.2 Å². The Labute approximate surface area is 209 Å². The topological polar surface area (TPSA) is 104 Å². The molecule has 2 heterocycles. The molecule has 0 saturated carbocycles. The van der Waals surface area contributed by atoms with E-state index in [4.69, 9.17) is 0 Å². The van der Waals surface area contributed by atoms with Crippen LogP contribution in [0.25, 0.3) is 0 Å². The van der Waals surface area contributed by atoms with Crippen LogP contribution in [0.1, 0.15) is 32.9 Å². The van der Waals surface area contributed by atoms with E-state index in [-0.39, 0.29) is 24.1 Å². The Bertz CT molecular complexity index is 1240. The van der Waals surface area contributed by atoms with Crippen LogP contribution in [0.2, 0.25) is 0 Å². The van der Waals surface area contributed by atoms with Gasteiger partial charge in [-0.2, -0.15) is 0 Å². The molecule has 10 heteroatoms. The molecule has 34 heavy (non-hydrogen) atoms. The molecule has 1 aliphatic rings. The van der Waals surface area contributed by atoms with Crippen LogP contribution in [0.5, 0.6) is 0 Å². The van der Waals surface area contributed by atoms with E-state index in [1.165, 1.54) is 11.3 Å². The number of hydrogen-bond donors (Lipinski definition) is 2. The lowest BCUT2D eigenvalue weighted by atomic mass is 10.1. The zero-order chi connectivity index (χ0) is 24.2. The highest BCUT2D eigenvalue weighted by Gasteiger charge is 2.35. The molecule has 1 fully saturated rings. The standard InChI is InChI=1S/C24H24BrN5O3S/c1-14-6-7-19(10-15(14)2)30-13-17(12-21(30)31)23(33)27-24-29-28-20(34-24)8-9-26-22(32)16-4-3-5-18(25)11-16/h3-7,10-11,17H,8-9,12-13H2,1-2H3,(H,26,32)(H,27,29,33). The van der Waals surface area contributed by atoms with Gasteiger partial charge in [0.05, 0.1) is 5.92 Å². The maximum Gasteiger partial charge on any atom is 0.251 e. The predicted octanol–water partition coefficient (Wildman–Crippen LogP) is 3.88. The van der Waals surface area contributed by atoms with Crippen molar-refractivity contribution in [2.75, 3.05) is 23.3 Å². The fraction of sp³-hybridized carbons (Fsp3) is 0.292. The summed E-state index contributed by atoms with van der Waals surface area (Å²) in [5.74, 6) is -0.933. The van der Waals surface area contributed by atoms with Gasteiger partial charge in [0.15, 0.2) is 0 Å². The Kier molecular flexibility index (Phi) is 7.38. The molecule has 1 saturated heterocycles. The Morgan fingerprint density at radius 2 is 1.97 bits per heavy atom. The molecule has 3 amide bonds. The van der Waals surface area contributed by atoms with E-state index in [2.05, 4.69) is 36.8 Å². The van der Waals surface area contributed by atoms with Crippen LogP contribution in [-0.4, -0.2) is 41.0 Å². The van der Waals surface area contributed by atoms with Gasteiger partial charge in [-0.25, -0.2) is 0 Å². The number of hydrogen-bond acceptors (Lipinski definition) is 6. The second-order valence-corrected chi connectivity index (χ2v) is 10.2. The van der Waals surface area contributed by atoms with Gasteiger partial charge in [0.25, 0.3) is 5.91 Å². The highest BCUT2D eigenvalue weighted by molar-refractivity contribution is 9.10. The molecular weight excluding hydrogens is 518 g/mol. The van der Waals surface area contributed by atoms with Crippen LogP contribution in [0.3, 0.4) is 0 Å². The number of amides is 3. The van der Waals surface area contributed by atoms with Gasteiger partial charge < -0.3 is 15.5 Å². The molecule has 0 spiro atoms. The van der Waals surface area contributed by atoms with E-state index in [1.54, 1.807) is 23.1 Å². The van der Waals surface area contributed by atoms with Crippen LogP contribution >= 0.6 is 27.3 Å². The molecule has 1 atom stereocenters. The Balaban J connectivity index is 1.28. The number of carbonyl (C=O) groups is 3. The van der Waals surface area contributed by atoms with Gasteiger partial charge in [-0.05, 0) is 55.3 Å². The fourth-order valence-corrected chi connectivity index (χ4v) is 4.80. The van der Waals surface area contributed by atoms with Gasteiger partial charge >= 0.3 is 0 Å². The normalized spacial score (nSPS) is 15.4. The van der Waals surface area contributed by atoms with E-state index in [1.807, 2.05) is 38.1 Å². The minimum atomic E-state index is -0.453. The summed E-state index contributed by atoms with van der Waals surface area (Å²) in [6.07, 6.45) is 0.655. The van der Waals surface area contributed by atoms with E-state index in [0.717, 1.165) is 21.3 Å². The average Bonchev–Trinajstić information content (AvgIpc) is 3.42. The number of rotatable bonds is 7. The van der Waals surface area contributed by atoms with Crippen LogP contribution < -0.4 is 15.5 Å². The number of anilines is 2. The largest absolute Gasteiger partial charge is 0.352 e. The first-order chi connectivity index (χ1) is 16.3. The molecule has 1 aromatic heterocycles. The van der Waals surface area contributed by atoms with Crippen molar-refractivity contribution < 1.29 is 14.4 Å². The van der Waals surface area contributed by atoms with Crippen LogP contribution in [-0.2, 0) is 16.0 Å². The number of aryl methyl sites for hydroxylation is 2. The lowest BCUT2D eigenvalue weighted by molar-refractivity contribution is -0.122. The van der Waals surface area contributed by atoms with Crippen molar-refractivity contribution in [2.24, 2.45) is 5.92 Å². The molecule has 176 valence electrons. The molecule has 2 N–H and O–H groups in total. The number of aromatic nitrogens is 2. The molecule has 8 nitrogen and oxygen atoms in total. The first kappa shape index (κ1) is 24.0. The van der Waals surface area contributed by atoms with Crippen molar-refractivity contribution in [3.8, 4) is 0 Å². The van der Waals surface area contributed by atoms with Crippen LogP contribution in [0.15, 0.2) is 46.9 Å². The third-order valence-corrected chi connectivity index (χ3v) is 7.10. The van der Waals surface area contributed by atoms with Crippen molar-refractivity contribution in [1.82, 2.24) is 15.5 Å². The second-order valence-electron chi connectivity index (χ2n) is 8.18. The van der Waals surface area contributed by atoms with Gasteiger partial charge in [-0.3, -0.25) is 14.4 Å². The molecule has 4 rings (SSSR count). The average molecular weight is 542 g/mol. The van der Waals surface area contributed by atoms with E-state index < -0.39 is 5.92 Å². The minimum absolute atomic E-state index is 0.0671. The lowest BCUT2D eigenvalue weighted by Gasteiger charge is -2.17. The highest BCUT2D eigenvalue weighted by atomic mass is 79.9. The fourth-order valence-electron chi connectivity index (χ4n) is 3.65. The van der Waals surface area contributed by atoms with Gasteiger partial charge in [-0.15, -0.1) is 10.2 Å². The SMILES string of the molecule is Cc1ccc(N2CC(C(=O)Nc3nnc(CCNC(=O)c4cccc(Br)c4)s3)CC2=O)cc1C. The Hall–Kier alpha value is -3.11. The number of benzene rings is 2. The summed E-state index contributed by atoms with van der Waals surface area (Å²) in [6, 6.07) is 13.0. The van der Waals surface area contributed by atoms with Gasteiger partial charge in [0.1, 0.15) is 5.01 Å². The summed E-state index contributed by atoms with van der Waals surface area (Å²) < 4.78 is 0.839. The van der Waals surface area contributed by atoms with Crippen molar-refractivity contribution >= 4 is 55.8 Å². The van der Waals surface area contributed by atoms with Gasteiger partial charge in [0.2, 0.25) is 16.9 Å². The summed E-state index contributed by atoms with van der Waals surface area (Å²) in [7, 11) is 0. The molecule has 0 radical (unpaired) electrons. The third kappa shape index (κ3) is 5.68. The maximum absolute atomic E-state index is 12.7. The molecule has 0 aliphatic carbocycles. The smallest absolute Gasteiger partial charge is 0.251 e.